The number of carbonyl (C=O) groups is 1. The number of hydrogen-bond acceptors (Lipinski definition) is 2. The molecule has 1 aromatic heterocycles. The Hall–Kier alpha value is -2.17. The zero-order valence-corrected chi connectivity index (χ0v) is 9.88. The number of aliphatic carboxylic acids is 1. The molecule has 2 aromatic rings. The summed E-state index contributed by atoms with van der Waals surface area (Å²) in [6, 6.07) is 5.51. The van der Waals surface area contributed by atoms with Gasteiger partial charge in [0.1, 0.15) is 5.82 Å². The topological polar surface area (TPSA) is 55.1 Å². The normalized spacial score (nSPS) is 14.1. The quantitative estimate of drug-likeness (QED) is 0.902. The van der Waals surface area contributed by atoms with Crippen molar-refractivity contribution in [2.45, 2.75) is 18.9 Å². The summed E-state index contributed by atoms with van der Waals surface area (Å²) in [5, 5.41) is 9.58. The first-order chi connectivity index (χ1) is 8.61. The SMILES string of the molecule is CCC(C(=O)O)(c1ccc(F)cc1)n1ccnc1. The van der Waals surface area contributed by atoms with Crippen molar-refractivity contribution in [2.75, 3.05) is 0 Å². The van der Waals surface area contributed by atoms with Crippen molar-refractivity contribution in [1.29, 1.82) is 0 Å². The van der Waals surface area contributed by atoms with Gasteiger partial charge in [-0.1, -0.05) is 19.1 Å². The highest BCUT2D eigenvalue weighted by atomic mass is 19.1. The number of rotatable bonds is 4. The highest BCUT2D eigenvalue weighted by molar-refractivity contribution is 5.81. The number of carboxylic acids is 1. The average molecular weight is 248 g/mol. The van der Waals surface area contributed by atoms with E-state index in [1.807, 2.05) is 0 Å². The minimum atomic E-state index is -1.25. The zero-order chi connectivity index (χ0) is 13.2. The molecule has 1 aromatic carbocycles. The molecule has 4 nitrogen and oxygen atoms in total. The van der Waals surface area contributed by atoms with Crippen molar-refractivity contribution >= 4 is 5.97 Å². The molecule has 0 saturated carbocycles. The second-order valence-electron chi connectivity index (χ2n) is 4.00. The van der Waals surface area contributed by atoms with Crippen LogP contribution in [0.1, 0.15) is 18.9 Å². The number of carboxylic acid groups (broad SMARTS) is 1. The Morgan fingerprint density at radius 2 is 2.11 bits per heavy atom. The van der Waals surface area contributed by atoms with Crippen molar-refractivity contribution in [1.82, 2.24) is 9.55 Å². The molecule has 0 aliphatic carbocycles. The molecule has 0 amide bonds. The van der Waals surface area contributed by atoms with Gasteiger partial charge in [-0.3, -0.25) is 0 Å². The Morgan fingerprint density at radius 3 is 2.56 bits per heavy atom. The molecule has 2 rings (SSSR count). The van der Waals surface area contributed by atoms with Crippen LogP contribution in [-0.2, 0) is 10.3 Å². The minimum Gasteiger partial charge on any atom is -0.479 e. The number of hydrogen-bond donors (Lipinski definition) is 1. The number of imidazole rings is 1. The van der Waals surface area contributed by atoms with Gasteiger partial charge in [0, 0.05) is 12.4 Å². The van der Waals surface area contributed by atoms with Crippen LogP contribution in [0.4, 0.5) is 4.39 Å². The average Bonchev–Trinajstić information content (AvgIpc) is 2.87. The van der Waals surface area contributed by atoms with E-state index in [4.69, 9.17) is 0 Å². The summed E-state index contributed by atoms with van der Waals surface area (Å²) in [5.41, 5.74) is -0.721. The first kappa shape index (κ1) is 12.3. The van der Waals surface area contributed by atoms with Gasteiger partial charge in [0.25, 0.3) is 0 Å². The molecule has 1 N–H and O–H groups in total. The molecular formula is C13H13FN2O2. The molecule has 1 heterocycles. The number of benzene rings is 1. The summed E-state index contributed by atoms with van der Waals surface area (Å²) >= 11 is 0. The number of nitrogens with zero attached hydrogens (tertiary/aromatic N) is 2. The Balaban J connectivity index is 2.62. The summed E-state index contributed by atoms with van der Waals surface area (Å²) in [7, 11) is 0. The second-order valence-corrected chi connectivity index (χ2v) is 4.00. The lowest BCUT2D eigenvalue weighted by Gasteiger charge is -2.30. The van der Waals surface area contributed by atoms with Crippen LogP contribution in [-0.4, -0.2) is 20.6 Å². The summed E-state index contributed by atoms with van der Waals surface area (Å²) < 4.78 is 14.5. The molecule has 0 radical (unpaired) electrons. The highest BCUT2D eigenvalue weighted by Gasteiger charge is 2.40. The van der Waals surface area contributed by atoms with E-state index < -0.39 is 11.5 Å². The summed E-state index contributed by atoms with van der Waals surface area (Å²) in [5.74, 6) is -1.38. The second kappa shape index (κ2) is 4.60. The van der Waals surface area contributed by atoms with Crippen LogP contribution in [0.15, 0.2) is 43.0 Å². The minimum absolute atomic E-state index is 0.338. The van der Waals surface area contributed by atoms with Gasteiger partial charge in [0.05, 0.1) is 6.33 Å². The predicted octanol–water partition coefficient (Wildman–Crippen LogP) is 2.26. The molecule has 1 unspecified atom stereocenters. The Bertz CT molecular complexity index is 537. The van der Waals surface area contributed by atoms with Crippen molar-refractivity contribution in [2.24, 2.45) is 0 Å². The largest absolute Gasteiger partial charge is 0.479 e. The smallest absolute Gasteiger partial charge is 0.334 e. The third kappa shape index (κ3) is 1.77. The van der Waals surface area contributed by atoms with E-state index in [2.05, 4.69) is 4.98 Å². The summed E-state index contributed by atoms with van der Waals surface area (Å²) in [6.45, 7) is 1.78. The van der Waals surface area contributed by atoms with Crippen molar-refractivity contribution in [3.8, 4) is 0 Å². The fourth-order valence-electron chi connectivity index (χ4n) is 2.13. The Morgan fingerprint density at radius 1 is 1.44 bits per heavy atom. The predicted molar refractivity (Wildman–Crippen MR) is 63.6 cm³/mol. The number of halogens is 1. The van der Waals surface area contributed by atoms with Gasteiger partial charge < -0.3 is 9.67 Å². The van der Waals surface area contributed by atoms with Gasteiger partial charge in [-0.25, -0.2) is 14.2 Å². The third-order valence-electron chi connectivity index (χ3n) is 3.13. The Kier molecular flexibility index (Phi) is 3.14. The van der Waals surface area contributed by atoms with Gasteiger partial charge >= 0.3 is 5.97 Å². The summed E-state index contributed by atoms with van der Waals surface area (Å²) in [6.07, 6.45) is 4.92. The van der Waals surface area contributed by atoms with Crippen molar-refractivity contribution < 1.29 is 14.3 Å². The van der Waals surface area contributed by atoms with Gasteiger partial charge in [0.15, 0.2) is 5.54 Å². The van der Waals surface area contributed by atoms with Crippen LogP contribution < -0.4 is 0 Å². The lowest BCUT2D eigenvalue weighted by Crippen LogP contribution is -2.41. The molecule has 0 spiro atoms. The maximum Gasteiger partial charge on any atom is 0.334 e. The Labute approximate surface area is 104 Å². The fraction of sp³-hybridized carbons (Fsp3) is 0.231. The third-order valence-corrected chi connectivity index (χ3v) is 3.13. The monoisotopic (exact) mass is 248 g/mol. The molecule has 0 bridgehead atoms. The van der Waals surface area contributed by atoms with Gasteiger partial charge in [-0.15, -0.1) is 0 Å². The molecule has 0 aliphatic heterocycles. The van der Waals surface area contributed by atoms with E-state index in [-0.39, 0.29) is 5.82 Å². The van der Waals surface area contributed by atoms with Crippen LogP contribution in [0.2, 0.25) is 0 Å². The van der Waals surface area contributed by atoms with Crippen LogP contribution in [0, 0.1) is 5.82 Å². The lowest BCUT2D eigenvalue weighted by atomic mass is 9.87. The summed E-state index contributed by atoms with van der Waals surface area (Å²) in [4.78, 5) is 15.6. The molecule has 18 heavy (non-hydrogen) atoms. The van der Waals surface area contributed by atoms with Gasteiger partial charge in [-0.2, -0.15) is 0 Å². The molecule has 1 atom stereocenters. The van der Waals surface area contributed by atoms with E-state index in [9.17, 15) is 14.3 Å². The van der Waals surface area contributed by atoms with Crippen molar-refractivity contribution in [3.05, 3.63) is 54.4 Å². The van der Waals surface area contributed by atoms with E-state index in [1.165, 1.54) is 41.4 Å². The first-order valence-corrected chi connectivity index (χ1v) is 5.59. The van der Waals surface area contributed by atoms with Gasteiger partial charge in [-0.05, 0) is 24.1 Å². The van der Waals surface area contributed by atoms with Crippen LogP contribution >= 0.6 is 0 Å². The van der Waals surface area contributed by atoms with E-state index in [0.717, 1.165) is 0 Å². The molecule has 0 fully saturated rings. The fourth-order valence-corrected chi connectivity index (χ4v) is 2.13. The molecule has 0 aliphatic rings. The van der Waals surface area contributed by atoms with Crippen LogP contribution in [0.3, 0.4) is 0 Å². The molecular weight excluding hydrogens is 235 g/mol. The zero-order valence-electron chi connectivity index (χ0n) is 9.88. The first-order valence-electron chi connectivity index (χ1n) is 5.59. The molecule has 0 saturated heterocycles. The maximum absolute atomic E-state index is 13.0. The molecule has 5 heteroatoms. The molecule has 94 valence electrons. The van der Waals surface area contributed by atoms with E-state index in [1.54, 1.807) is 13.1 Å². The van der Waals surface area contributed by atoms with Crippen LogP contribution in [0.5, 0.6) is 0 Å². The standard InChI is InChI=1S/C13H13FN2O2/c1-2-13(12(17)18,16-8-7-15-9-16)10-3-5-11(14)6-4-10/h3-9H,2H2,1H3,(H,17,18). The van der Waals surface area contributed by atoms with Crippen molar-refractivity contribution in [3.63, 3.8) is 0 Å². The highest BCUT2D eigenvalue weighted by Crippen LogP contribution is 2.30. The van der Waals surface area contributed by atoms with Gasteiger partial charge in [0.2, 0.25) is 0 Å². The number of aromatic nitrogens is 2. The van der Waals surface area contributed by atoms with E-state index >= 15 is 0 Å². The maximum atomic E-state index is 13.0. The lowest BCUT2D eigenvalue weighted by molar-refractivity contribution is -0.145. The van der Waals surface area contributed by atoms with E-state index in [0.29, 0.717) is 12.0 Å². The van der Waals surface area contributed by atoms with Crippen LogP contribution in [0.25, 0.3) is 0 Å².